The van der Waals surface area contributed by atoms with Crippen molar-refractivity contribution in [2.75, 3.05) is 19.7 Å². The van der Waals surface area contributed by atoms with Crippen molar-refractivity contribution in [1.82, 2.24) is 30.2 Å². The number of hydrogen-bond acceptors (Lipinski definition) is 9. The SMILES string of the molecule is Cc1oc2c(c1C(=O)N1C[C@@H]3NC(=O)c4ncccc4OCCn4cc(nn4)CO[C@H]3C1)C(=O)CCC2. The summed E-state index contributed by atoms with van der Waals surface area (Å²) < 4.78 is 19.4. The van der Waals surface area contributed by atoms with Gasteiger partial charge in [0.25, 0.3) is 11.8 Å². The number of amides is 2. The molecule has 0 aromatic carbocycles. The van der Waals surface area contributed by atoms with Gasteiger partial charge in [-0.2, -0.15) is 0 Å². The van der Waals surface area contributed by atoms with E-state index in [1.54, 1.807) is 34.8 Å². The van der Waals surface area contributed by atoms with Crippen LogP contribution in [0.3, 0.4) is 0 Å². The molecule has 3 aliphatic rings. The fraction of sp³-hybridized carbons (Fsp3) is 0.440. The predicted octanol–water partition coefficient (Wildman–Crippen LogP) is 1.33. The topological polar surface area (TPSA) is 142 Å². The van der Waals surface area contributed by atoms with Crippen LogP contribution >= 0.6 is 0 Å². The number of aryl methyl sites for hydroxylation is 2. The predicted molar refractivity (Wildman–Crippen MR) is 126 cm³/mol. The van der Waals surface area contributed by atoms with E-state index in [2.05, 4.69) is 20.6 Å². The molecule has 1 N–H and O–H groups in total. The lowest BCUT2D eigenvalue weighted by molar-refractivity contribution is 0.0289. The van der Waals surface area contributed by atoms with Crippen LogP contribution in [0.25, 0.3) is 0 Å². The molecule has 1 fully saturated rings. The number of pyridine rings is 1. The molecule has 0 radical (unpaired) electrons. The molecule has 2 bridgehead atoms. The molecule has 3 aromatic heterocycles. The summed E-state index contributed by atoms with van der Waals surface area (Å²) in [5.74, 6) is 0.540. The molecule has 192 valence electrons. The Morgan fingerprint density at radius 2 is 2.11 bits per heavy atom. The second-order valence-electron chi connectivity index (χ2n) is 9.42. The van der Waals surface area contributed by atoms with Crippen molar-refractivity contribution in [3.05, 3.63) is 58.6 Å². The van der Waals surface area contributed by atoms with Crippen molar-refractivity contribution in [3.8, 4) is 5.75 Å². The van der Waals surface area contributed by atoms with Crippen LogP contribution in [0.5, 0.6) is 5.75 Å². The van der Waals surface area contributed by atoms with Crippen molar-refractivity contribution in [2.24, 2.45) is 0 Å². The summed E-state index contributed by atoms with van der Waals surface area (Å²) in [5, 5.41) is 11.2. The number of Topliss-reactive ketones (excluding diaryl/α,β-unsaturated/α-hetero) is 1. The normalized spacial score (nSPS) is 21.8. The first-order chi connectivity index (χ1) is 18.0. The Bertz CT molecular complexity index is 1380. The van der Waals surface area contributed by atoms with Gasteiger partial charge in [-0.3, -0.25) is 14.4 Å². The Labute approximate surface area is 211 Å². The zero-order chi connectivity index (χ0) is 25.5. The highest BCUT2D eigenvalue weighted by Gasteiger charge is 2.41. The molecule has 12 nitrogen and oxygen atoms in total. The van der Waals surface area contributed by atoms with E-state index in [0.717, 1.165) is 0 Å². The number of likely N-dealkylation sites (tertiary alicyclic amines) is 1. The van der Waals surface area contributed by atoms with E-state index < -0.39 is 18.1 Å². The number of aromatic nitrogens is 4. The minimum atomic E-state index is -0.525. The summed E-state index contributed by atoms with van der Waals surface area (Å²) in [6.07, 6.45) is 4.52. The molecule has 2 atom stereocenters. The van der Waals surface area contributed by atoms with Gasteiger partial charge < -0.3 is 24.1 Å². The molecule has 37 heavy (non-hydrogen) atoms. The summed E-state index contributed by atoms with van der Waals surface area (Å²) in [7, 11) is 0. The summed E-state index contributed by atoms with van der Waals surface area (Å²) in [5.41, 5.74) is 1.47. The third-order valence-electron chi connectivity index (χ3n) is 6.92. The van der Waals surface area contributed by atoms with Crippen LogP contribution < -0.4 is 10.1 Å². The van der Waals surface area contributed by atoms with Gasteiger partial charge in [0.15, 0.2) is 17.2 Å². The third-order valence-corrected chi connectivity index (χ3v) is 6.92. The monoisotopic (exact) mass is 506 g/mol. The molecule has 3 aromatic rings. The van der Waals surface area contributed by atoms with Crippen molar-refractivity contribution in [3.63, 3.8) is 0 Å². The quantitative estimate of drug-likeness (QED) is 0.517. The van der Waals surface area contributed by atoms with Gasteiger partial charge in [-0.25, -0.2) is 9.67 Å². The Morgan fingerprint density at radius 3 is 3.00 bits per heavy atom. The lowest BCUT2D eigenvalue weighted by Crippen LogP contribution is -2.44. The first-order valence-corrected chi connectivity index (χ1v) is 12.3. The molecule has 12 heteroatoms. The highest BCUT2D eigenvalue weighted by atomic mass is 16.5. The number of rotatable bonds is 1. The fourth-order valence-electron chi connectivity index (χ4n) is 5.14. The Morgan fingerprint density at radius 1 is 1.22 bits per heavy atom. The van der Waals surface area contributed by atoms with Crippen molar-refractivity contribution < 1.29 is 28.3 Å². The minimum absolute atomic E-state index is 0.0745. The Kier molecular flexibility index (Phi) is 5.95. The summed E-state index contributed by atoms with van der Waals surface area (Å²) in [4.78, 5) is 45.4. The van der Waals surface area contributed by atoms with E-state index in [1.165, 1.54) is 6.20 Å². The summed E-state index contributed by atoms with van der Waals surface area (Å²) in [6.45, 7) is 2.99. The molecule has 5 heterocycles. The van der Waals surface area contributed by atoms with Gasteiger partial charge in [0, 0.05) is 32.1 Å². The number of nitrogens with zero attached hydrogens (tertiary/aromatic N) is 5. The van der Waals surface area contributed by atoms with E-state index in [-0.39, 0.29) is 43.7 Å². The van der Waals surface area contributed by atoms with Gasteiger partial charge in [0.1, 0.15) is 23.8 Å². The van der Waals surface area contributed by atoms with Crippen molar-refractivity contribution >= 4 is 17.6 Å². The first kappa shape index (κ1) is 23.3. The minimum Gasteiger partial charge on any atom is -0.489 e. The molecule has 2 amide bonds. The van der Waals surface area contributed by atoms with E-state index in [9.17, 15) is 14.4 Å². The number of ketones is 1. The maximum Gasteiger partial charge on any atom is 0.274 e. The first-order valence-electron chi connectivity index (χ1n) is 12.3. The molecule has 0 spiro atoms. The number of carbonyl (C=O) groups excluding carboxylic acids is 3. The third kappa shape index (κ3) is 4.37. The highest BCUT2D eigenvalue weighted by molar-refractivity contribution is 6.10. The van der Waals surface area contributed by atoms with Gasteiger partial charge >= 0.3 is 0 Å². The molecule has 1 aliphatic carbocycles. The molecular formula is C25H26N6O6. The average molecular weight is 507 g/mol. The molecular weight excluding hydrogens is 480 g/mol. The standard InChI is InChI=1S/C25H26N6O6/c1-14-21(22-17(32)4-2-5-18(22)37-14)25(34)30-11-16-20(12-30)36-13-15-10-31(29-28-15)8-9-35-19-6-3-7-26-23(19)24(33)27-16/h3,6-7,10,16,20H,2,4-5,8-9,11-13H2,1H3,(H,27,33)/t16-,20-/m0/s1. The second kappa shape index (κ2) is 9.43. The summed E-state index contributed by atoms with van der Waals surface area (Å²) in [6, 6.07) is 2.85. The number of hydrogen-bond donors (Lipinski definition) is 1. The van der Waals surface area contributed by atoms with Crippen LogP contribution in [0.2, 0.25) is 0 Å². The van der Waals surface area contributed by atoms with E-state index in [4.69, 9.17) is 13.9 Å². The van der Waals surface area contributed by atoms with Crippen LogP contribution in [-0.2, 0) is 24.3 Å². The molecule has 6 rings (SSSR count). The van der Waals surface area contributed by atoms with Crippen LogP contribution in [0.1, 0.15) is 61.3 Å². The van der Waals surface area contributed by atoms with E-state index >= 15 is 0 Å². The van der Waals surface area contributed by atoms with Gasteiger partial charge in [-0.15, -0.1) is 5.10 Å². The number of carbonyl (C=O) groups is 3. The lowest BCUT2D eigenvalue weighted by atomic mass is 9.93. The van der Waals surface area contributed by atoms with Crippen LogP contribution in [-0.4, -0.2) is 74.3 Å². The van der Waals surface area contributed by atoms with Crippen molar-refractivity contribution in [2.45, 2.75) is 51.5 Å². The van der Waals surface area contributed by atoms with Gasteiger partial charge in [-0.05, 0) is 25.5 Å². The van der Waals surface area contributed by atoms with E-state index in [0.29, 0.717) is 59.9 Å². The summed E-state index contributed by atoms with van der Waals surface area (Å²) >= 11 is 0. The Balaban J connectivity index is 1.30. The zero-order valence-electron chi connectivity index (χ0n) is 20.3. The van der Waals surface area contributed by atoms with Gasteiger partial charge in [0.2, 0.25) is 0 Å². The molecule has 1 saturated heterocycles. The second-order valence-corrected chi connectivity index (χ2v) is 9.42. The number of fused-ring (bicyclic) bond motifs is 5. The fourth-order valence-corrected chi connectivity index (χ4v) is 5.14. The number of nitrogens with one attached hydrogen (secondary N) is 1. The lowest BCUT2D eigenvalue weighted by Gasteiger charge is -2.20. The molecule has 0 saturated carbocycles. The maximum atomic E-state index is 13.7. The van der Waals surface area contributed by atoms with Gasteiger partial charge in [-0.1, -0.05) is 5.21 Å². The molecule has 0 unspecified atom stereocenters. The largest absolute Gasteiger partial charge is 0.489 e. The average Bonchev–Trinajstić information content (AvgIpc) is 3.59. The smallest absolute Gasteiger partial charge is 0.274 e. The van der Waals surface area contributed by atoms with Crippen molar-refractivity contribution in [1.29, 1.82) is 0 Å². The molecule has 2 aliphatic heterocycles. The van der Waals surface area contributed by atoms with Crippen LogP contribution in [0.15, 0.2) is 28.9 Å². The van der Waals surface area contributed by atoms with Crippen LogP contribution in [0.4, 0.5) is 0 Å². The van der Waals surface area contributed by atoms with Gasteiger partial charge in [0.05, 0.1) is 42.6 Å². The maximum absolute atomic E-state index is 13.7. The number of furan rings is 1. The Hall–Kier alpha value is -4.06. The zero-order valence-corrected chi connectivity index (χ0v) is 20.3. The highest BCUT2D eigenvalue weighted by Crippen LogP contribution is 2.31. The number of ether oxygens (including phenoxy) is 2. The van der Waals surface area contributed by atoms with Crippen LogP contribution in [0, 0.1) is 6.92 Å². The van der Waals surface area contributed by atoms with E-state index in [1.807, 2.05) is 0 Å².